The first-order valence-corrected chi connectivity index (χ1v) is 7.74. The Hall–Kier alpha value is -2.73. The molecule has 1 aliphatic rings. The number of anilines is 2. The molecule has 1 aliphatic heterocycles. The van der Waals surface area contributed by atoms with Gasteiger partial charge in [-0.2, -0.15) is 4.98 Å². The quantitative estimate of drug-likeness (QED) is 0.420. The van der Waals surface area contributed by atoms with Crippen LogP contribution in [-0.2, 0) is 4.74 Å². The molecule has 1 aromatic heterocycles. The van der Waals surface area contributed by atoms with Gasteiger partial charge >= 0.3 is 0 Å². The first kappa shape index (κ1) is 18.1. The number of hydrogen-bond donors (Lipinski definition) is 5. The van der Waals surface area contributed by atoms with Crippen molar-refractivity contribution in [3.05, 3.63) is 30.1 Å². The Labute approximate surface area is 148 Å². The lowest BCUT2D eigenvalue weighted by Gasteiger charge is -2.15. The molecule has 2 aromatic rings. The molecule has 140 valence electrons. The lowest BCUT2D eigenvalue weighted by Crippen LogP contribution is -2.34. The van der Waals surface area contributed by atoms with Gasteiger partial charge in [0.15, 0.2) is 6.23 Å². The lowest BCUT2D eigenvalue weighted by atomic mass is 10.1. The van der Waals surface area contributed by atoms with Crippen molar-refractivity contribution in [1.82, 2.24) is 14.8 Å². The van der Waals surface area contributed by atoms with Gasteiger partial charge in [-0.05, 0) is 24.3 Å². The minimum Gasteiger partial charge on any atom is -0.497 e. The number of carbonyl (C=O) groups is 1. The summed E-state index contributed by atoms with van der Waals surface area (Å²) in [5.41, 5.74) is 5.94. The van der Waals surface area contributed by atoms with Crippen molar-refractivity contribution in [3.8, 4) is 5.75 Å². The Morgan fingerprint density at radius 1 is 1.35 bits per heavy atom. The van der Waals surface area contributed by atoms with Crippen LogP contribution in [0.25, 0.3) is 0 Å². The van der Waals surface area contributed by atoms with E-state index in [9.17, 15) is 20.1 Å². The van der Waals surface area contributed by atoms with E-state index in [4.69, 9.17) is 15.2 Å². The fourth-order valence-corrected chi connectivity index (χ4v) is 2.61. The van der Waals surface area contributed by atoms with Crippen LogP contribution in [-0.4, -0.2) is 68.0 Å². The van der Waals surface area contributed by atoms with Crippen LogP contribution >= 0.6 is 0 Å². The van der Waals surface area contributed by atoms with E-state index in [-0.39, 0.29) is 11.8 Å². The molecule has 0 radical (unpaired) electrons. The van der Waals surface area contributed by atoms with Crippen LogP contribution in [0.2, 0.25) is 0 Å². The summed E-state index contributed by atoms with van der Waals surface area (Å²) in [5, 5.41) is 36.1. The maximum Gasteiger partial charge on any atom is 0.286 e. The number of aliphatic hydroxyl groups excluding tert-OH is 3. The van der Waals surface area contributed by atoms with E-state index in [2.05, 4.69) is 15.4 Å². The van der Waals surface area contributed by atoms with Crippen molar-refractivity contribution in [2.75, 3.05) is 19.0 Å². The number of ether oxygens (including phenoxy) is 2. The Kier molecular flexibility index (Phi) is 5.04. The standard InChI is InChI=1S/C15H19N5O6/c1-25-8-4-2-7(3-5-8)17-15-18-13(12(16)24)20(19-15)14-11(23)10(22)9(6-21)26-14/h2-5,9-11,14,21-23H,6H2,1H3,(H2,16,24)(H,17,19)/t9-,10-,11-,14-/m1/s1. The van der Waals surface area contributed by atoms with E-state index >= 15 is 0 Å². The smallest absolute Gasteiger partial charge is 0.286 e. The topological polar surface area (TPSA) is 165 Å². The summed E-state index contributed by atoms with van der Waals surface area (Å²) >= 11 is 0. The van der Waals surface area contributed by atoms with Crippen LogP contribution < -0.4 is 15.8 Å². The molecule has 3 rings (SSSR count). The molecule has 0 saturated carbocycles. The monoisotopic (exact) mass is 365 g/mol. The number of aromatic nitrogens is 3. The summed E-state index contributed by atoms with van der Waals surface area (Å²) in [6, 6.07) is 6.88. The molecular formula is C15H19N5O6. The van der Waals surface area contributed by atoms with E-state index in [1.807, 2.05) is 0 Å². The van der Waals surface area contributed by atoms with E-state index < -0.39 is 37.1 Å². The van der Waals surface area contributed by atoms with Gasteiger partial charge in [-0.1, -0.05) is 0 Å². The van der Waals surface area contributed by atoms with Crippen molar-refractivity contribution in [2.45, 2.75) is 24.5 Å². The minimum atomic E-state index is -1.42. The van der Waals surface area contributed by atoms with Crippen molar-refractivity contribution in [3.63, 3.8) is 0 Å². The van der Waals surface area contributed by atoms with Crippen molar-refractivity contribution in [2.24, 2.45) is 5.73 Å². The van der Waals surface area contributed by atoms with Gasteiger partial charge in [0.2, 0.25) is 11.8 Å². The number of aliphatic hydroxyl groups is 3. The van der Waals surface area contributed by atoms with E-state index in [0.29, 0.717) is 11.4 Å². The predicted molar refractivity (Wildman–Crippen MR) is 87.8 cm³/mol. The zero-order valence-electron chi connectivity index (χ0n) is 13.8. The van der Waals surface area contributed by atoms with Gasteiger partial charge in [0.25, 0.3) is 5.91 Å². The van der Waals surface area contributed by atoms with Crippen molar-refractivity contribution in [1.29, 1.82) is 0 Å². The number of methoxy groups -OCH3 is 1. The fourth-order valence-electron chi connectivity index (χ4n) is 2.61. The van der Waals surface area contributed by atoms with Gasteiger partial charge < -0.3 is 35.8 Å². The minimum absolute atomic E-state index is 0.0432. The first-order chi connectivity index (χ1) is 12.4. The number of hydrogen-bond acceptors (Lipinski definition) is 9. The van der Waals surface area contributed by atoms with Crippen molar-refractivity contribution < 1.29 is 29.6 Å². The van der Waals surface area contributed by atoms with Crippen molar-refractivity contribution >= 4 is 17.5 Å². The number of nitrogens with two attached hydrogens (primary N) is 1. The molecule has 2 heterocycles. The summed E-state index contributed by atoms with van der Waals surface area (Å²) in [6.45, 7) is -0.508. The van der Waals surface area contributed by atoms with Gasteiger partial charge in [0.1, 0.15) is 24.1 Å². The van der Waals surface area contributed by atoms with Gasteiger partial charge in [-0.15, -0.1) is 5.10 Å². The number of primary amides is 1. The van der Waals surface area contributed by atoms with Gasteiger partial charge in [-0.25, -0.2) is 4.68 Å². The Bertz CT molecular complexity index is 779. The highest BCUT2D eigenvalue weighted by molar-refractivity contribution is 5.89. The zero-order chi connectivity index (χ0) is 18.8. The van der Waals surface area contributed by atoms with Gasteiger partial charge in [0, 0.05) is 5.69 Å². The summed E-state index contributed by atoms with van der Waals surface area (Å²) in [4.78, 5) is 15.7. The molecule has 26 heavy (non-hydrogen) atoms. The molecule has 11 nitrogen and oxygen atoms in total. The molecule has 1 amide bonds. The number of rotatable bonds is 6. The van der Waals surface area contributed by atoms with E-state index in [0.717, 1.165) is 4.68 Å². The van der Waals surface area contributed by atoms with Gasteiger partial charge in [0.05, 0.1) is 13.7 Å². The Balaban J connectivity index is 1.87. The molecule has 4 atom stereocenters. The zero-order valence-corrected chi connectivity index (χ0v) is 13.8. The lowest BCUT2D eigenvalue weighted by molar-refractivity contribution is -0.0594. The molecule has 11 heteroatoms. The molecule has 0 bridgehead atoms. The second-order valence-corrected chi connectivity index (χ2v) is 5.65. The maximum atomic E-state index is 11.7. The third kappa shape index (κ3) is 3.32. The number of nitrogens with zero attached hydrogens (tertiary/aromatic N) is 3. The predicted octanol–water partition coefficient (Wildman–Crippen LogP) is -1.26. The Morgan fingerprint density at radius 3 is 2.58 bits per heavy atom. The van der Waals surface area contributed by atoms with Crippen LogP contribution in [0.5, 0.6) is 5.75 Å². The van der Waals surface area contributed by atoms with Crippen LogP contribution in [0, 0.1) is 0 Å². The third-order valence-electron chi connectivity index (χ3n) is 3.96. The highest BCUT2D eigenvalue weighted by Gasteiger charge is 2.45. The number of nitrogens with one attached hydrogen (secondary N) is 1. The molecule has 0 unspecified atom stereocenters. The SMILES string of the molecule is COc1ccc(Nc2nc(C(N)=O)n([C@@H]3O[C@H](CO)[C@@H](O)[C@H]3O)n2)cc1. The largest absolute Gasteiger partial charge is 0.497 e. The number of carbonyl (C=O) groups excluding carboxylic acids is 1. The third-order valence-corrected chi connectivity index (χ3v) is 3.96. The maximum absolute atomic E-state index is 11.7. The highest BCUT2D eigenvalue weighted by Crippen LogP contribution is 2.30. The summed E-state index contributed by atoms with van der Waals surface area (Å²) in [5.74, 6) is -0.450. The molecule has 0 aliphatic carbocycles. The van der Waals surface area contributed by atoms with E-state index in [1.54, 1.807) is 31.4 Å². The normalized spacial score (nSPS) is 25.2. The average Bonchev–Trinajstić information content (AvgIpc) is 3.17. The van der Waals surface area contributed by atoms with Crippen LogP contribution in [0.15, 0.2) is 24.3 Å². The molecule has 0 spiro atoms. The Morgan fingerprint density at radius 2 is 2.04 bits per heavy atom. The molecule has 1 saturated heterocycles. The number of benzene rings is 1. The summed E-state index contributed by atoms with van der Waals surface area (Å²) in [7, 11) is 1.55. The van der Waals surface area contributed by atoms with Crippen LogP contribution in [0.3, 0.4) is 0 Å². The second-order valence-electron chi connectivity index (χ2n) is 5.65. The summed E-state index contributed by atoms with van der Waals surface area (Å²) < 4.78 is 11.4. The molecule has 1 aromatic carbocycles. The molecule has 6 N–H and O–H groups in total. The fraction of sp³-hybridized carbons (Fsp3) is 0.400. The van der Waals surface area contributed by atoms with E-state index in [1.165, 1.54) is 0 Å². The highest BCUT2D eigenvalue weighted by atomic mass is 16.6. The van der Waals surface area contributed by atoms with Crippen LogP contribution in [0.4, 0.5) is 11.6 Å². The van der Waals surface area contributed by atoms with Crippen LogP contribution in [0.1, 0.15) is 16.8 Å². The molecule has 1 fully saturated rings. The second kappa shape index (κ2) is 7.25. The number of amides is 1. The van der Waals surface area contributed by atoms with Gasteiger partial charge in [-0.3, -0.25) is 4.79 Å². The average molecular weight is 365 g/mol. The molecular weight excluding hydrogens is 346 g/mol. The summed E-state index contributed by atoms with van der Waals surface area (Å²) in [6.07, 6.45) is -4.99. The first-order valence-electron chi connectivity index (χ1n) is 7.74.